The smallest absolute Gasteiger partial charge is 0.421 e. The van der Waals surface area contributed by atoms with E-state index in [1.807, 2.05) is 0 Å². The molecule has 0 spiro atoms. The van der Waals surface area contributed by atoms with Crippen molar-refractivity contribution in [2.24, 2.45) is 11.8 Å². The van der Waals surface area contributed by atoms with Gasteiger partial charge in [0.15, 0.2) is 17.8 Å². The summed E-state index contributed by atoms with van der Waals surface area (Å²) in [5, 5.41) is 0. The molecule has 3 heterocycles. The Kier molecular flexibility index (Phi) is 7.00. The number of aromatic nitrogens is 2. The van der Waals surface area contributed by atoms with E-state index >= 15 is 4.39 Å². The Morgan fingerprint density at radius 3 is 2.49 bits per heavy atom. The van der Waals surface area contributed by atoms with Gasteiger partial charge in [0.25, 0.3) is 0 Å². The molecule has 1 aromatic carbocycles. The summed E-state index contributed by atoms with van der Waals surface area (Å²) in [6.45, 7) is 3.62. The number of cyclic esters (lactones) is 1. The standard InChI is InChI=1S/C28H25F4N3O4/c1-15-6-8-17(9-7-15)26(36)35-16(2)38-27(37)19-12-24(21(29)13-23(19)35)39-25-20(28(30,31)32)11-18(14-34-25)22-5-3-4-10-33-22/h3-5,10-17H,6-9H2,1-2H3. The topological polar surface area (TPSA) is 81.6 Å². The number of pyridine rings is 2. The second kappa shape index (κ2) is 10.3. The third-order valence-corrected chi connectivity index (χ3v) is 7.10. The average molecular weight is 544 g/mol. The number of esters is 1. The van der Waals surface area contributed by atoms with Crippen LogP contribution in [0.15, 0.2) is 48.8 Å². The van der Waals surface area contributed by atoms with Crippen LogP contribution < -0.4 is 9.64 Å². The molecule has 39 heavy (non-hydrogen) atoms. The first-order valence-corrected chi connectivity index (χ1v) is 12.6. The number of ether oxygens (including phenoxy) is 2. The number of nitrogens with zero attached hydrogens (tertiary/aromatic N) is 3. The summed E-state index contributed by atoms with van der Waals surface area (Å²) in [5.41, 5.74) is -1.11. The summed E-state index contributed by atoms with van der Waals surface area (Å²) in [5.74, 6) is -3.56. The van der Waals surface area contributed by atoms with Crippen LogP contribution in [0.4, 0.5) is 23.2 Å². The predicted octanol–water partition coefficient (Wildman–Crippen LogP) is 6.77. The number of amides is 1. The highest BCUT2D eigenvalue weighted by Gasteiger charge is 2.40. The van der Waals surface area contributed by atoms with E-state index < -0.39 is 41.4 Å². The van der Waals surface area contributed by atoms with Gasteiger partial charge in [-0.2, -0.15) is 13.2 Å². The Labute approximate surface area is 221 Å². The third-order valence-electron chi connectivity index (χ3n) is 7.10. The van der Waals surface area contributed by atoms with Crippen molar-refractivity contribution in [3.63, 3.8) is 0 Å². The van der Waals surface area contributed by atoms with Crippen molar-refractivity contribution in [3.05, 3.63) is 65.7 Å². The lowest BCUT2D eigenvalue weighted by Crippen LogP contribution is -2.48. The van der Waals surface area contributed by atoms with Crippen LogP contribution in [0, 0.1) is 17.7 Å². The number of hydrogen-bond acceptors (Lipinski definition) is 6. The molecular weight excluding hydrogens is 518 g/mol. The van der Waals surface area contributed by atoms with Crippen molar-refractivity contribution in [3.8, 4) is 22.9 Å². The maximum atomic E-state index is 15.3. The van der Waals surface area contributed by atoms with Crippen LogP contribution in [0.2, 0.25) is 0 Å². The molecule has 1 fully saturated rings. The molecule has 1 aliphatic carbocycles. The molecular formula is C28H25F4N3O4. The first-order valence-electron chi connectivity index (χ1n) is 12.6. The highest BCUT2D eigenvalue weighted by molar-refractivity contribution is 6.06. The number of carbonyl (C=O) groups excluding carboxylic acids is 2. The number of carbonyl (C=O) groups is 2. The van der Waals surface area contributed by atoms with Crippen molar-refractivity contribution >= 4 is 17.6 Å². The lowest BCUT2D eigenvalue weighted by Gasteiger charge is -2.37. The van der Waals surface area contributed by atoms with Gasteiger partial charge in [-0.25, -0.2) is 14.2 Å². The second-order valence-corrected chi connectivity index (χ2v) is 9.86. The highest BCUT2D eigenvalue weighted by Crippen LogP contribution is 2.42. The number of fused-ring (bicyclic) bond motifs is 1. The zero-order chi connectivity index (χ0) is 27.9. The minimum atomic E-state index is -4.88. The van der Waals surface area contributed by atoms with E-state index in [0.717, 1.165) is 37.2 Å². The van der Waals surface area contributed by atoms with E-state index in [1.54, 1.807) is 12.1 Å². The van der Waals surface area contributed by atoms with E-state index in [0.29, 0.717) is 18.8 Å². The zero-order valence-electron chi connectivity index (χ0n) is 21.2. The van der Waals surface area contributed by atoms with Gasteiger partial charge in [-0.05, 0) is 56.7 Å². The molecule has 2 aromatic heterocycles. The fourth-order valence-electron chi connectivity index (χ4n) is 4.97. The van der Waals surface area contributed by atoms with Gasteiger partial charge in [0.05, 0.1) is 16.9 Å². The van der Waals surface area contributed by atoms with E-state index in [9.17, 15) is 22.8 Å². The number of rotatable bonds is 4. The molecule has 1 amide bonds. The van der Waals surface area contributed by atoms with Crippen LogP contribution in [0.1, 0.15) is 55.5 Å². The summed E-state index contributed by atoms with van der Waals surface area (Å²) in [6, 6.07) is 7.42. The Morgan fingerprint density at radius 1 is 1.08 bits per heavy atom. The lowest BCUT2D eigenvalue weighted by atomic mass is 9.82. The minimum absolute atomic E-state index is 0.0123. The van der Waals surface area contributed by atoms with Crippen LogP contribution in [0.25, 0.3) is 11.3 Å². The third kappa shape index (κ3) is 5.30. The molecule has 204 valence electrons. The largest absolute Gasteiger partial charge is 0.438 e. The van der Waals surface area contributed by atoms with E-state index in [-0.39, 0.29) is 34.3 Å². The molecule has 11 heteroatoms. The van der Waals surface area contributed by atoms with Crippen LogP contribution in [0.3, 0.4) is 0 Å². The van der Waals surface area contributed by atoms with Gasteiger partial charge in [-0.15, -0.1) is 0 Å². The molecule has 3 aromatic rings. The van der Waals surface area contributed by atoms with E-state index in [2.05, 4.69) is 16.9 Å². The molecule has 5 rings (SSSR count). The molecule has 0 radical (unpaired) electrons. The number of halogens is 4. The molecule has 0 saturated heterocycles. The van der Waals surface area contributed by atoms with Gasteiger partial charge >= 0.3 is 12.1 Å². The average Bonchev–Trinajstić information content (AvgIpc) is 2.90. The van der Waals surface area contributed by atoms with Crippen molar-refractivity contribution in [1.82, 2.24) is 9.97 Å². The predicted molar refractivity (Wildman–Crippen MR) is 132 cm³/mol. The Hall–Kier alpha value is -4.02. The highest BCUT2D eigenvalue weighted by atomic mass is 19.4. The van der Waals surface area contributed by atoms with Gasteiger partial charge in [0, 0.05) is 36.0 Å². The number of alkyl halides is 3. The summed E-state index contributed by atoms with van der Waals surface area (Å²) in [4.78, 5) is 35.1. The molecule has 1 unspecified atom stereocenters. The molecule has 0 bridgehead atoms. The minimum Gasteiger partial charge on any atom is -0.438 e. The SMILES string of the molecule is CC1CCC(C(=O)N2c3cc(F)c(Oc4ncc(-c5ccccn5)cc4C(F)(F)F)cc3C(=O)OC2C)CC1. The van der Waals surface area contributed by atoms with Gasteiger partial charge in [0.2, 0.25) is 11.8 Å². The molecule has 2 aliphatic rings. The van der Waals surface area contributed by atoms with E-state index in [1.165, 1.54) is 24.1 Å². The van der Waals surface area contributed by atoms with Crippen molar-refractivity contribution in [2.75, 3.05) is 4.90 Å². The summed E-state index contributed by atoms with van der Waals surface area (Å²) < 4.78 is 67.6. The van der Waals surface area contributed by atoms with Crippen LogP contribution in [-0.4, -0.2) is 28.1 Å². The number of benzene rings is 1. The zero-order valence-corrected chi connectivity index (χ0v) is 21.2. The second-order valence-electron chi connectivity index (χ2n) is 9.86. The summed E-state index contributed by atoms with van der Waals surface area (Å²) in [6.07, 6.45) is -0.219. The molecule has 1 atom stereocenters. The Bertz CT molecular complexity index is 1410. The summed E-state index contributed by atoms with van der Waals surface area (Å²) in [7, 11) is 0. The lowest BCUT2D eigenvalue weighted by molar-refractivity contribution is -0.138. The normalized spacial score (nSPS) is 21.2. The maximum Gasteiger partial charge on any atom is 0.421 e. The fourth-order valence-corrected chi connectivity index (χ4v) is 4.97. The Morgan fingerprint density at radius 2 is 1.82 bits per heavy atom. The first-order chi connectivity index (χ1) is 18.5. The van der Waals surface area contributed by atoms with Crippen molar-refractivity contribution in [1.29, 1.82) is 0 Å². The molecule has 1 aliphatic heterocycles. The molecule has 1 saturated carbocycles. The van der Waals surface area contributed by atoms with Gasteiger partial charge in [-0.1, -0.05) is 13.0 Å². The number of hydrogen-bond donors (Lipinski definition) is 0. The van der Waals surface area contributed by atoms with Gasteiger partial charge < -0.3 is 9.47 Å². The van der Waals surface area contributed by atoms with Crippen LogP contribution in [0.5, 0.6) is 11.6 Å². The van der Waals surface area contributed by atoms with Gasteiger partial charge in [-0.3, -0.25) is 14.7 Å². The van der Waals surface area contributed by atoms with Crippen molar-refractivity contribution < 1.29 is 36.6 Å². The van der Waals surface area contributed by atoms with Crippen molar-refractivity contribution in [2.45, 2.75) is 51.9 Å². The Balaban J connectivity index is 1.50. The van der Waals surface area contributed by atoms with E-state index in [4.69, 9.17) is 9.47 Å². The number of anilines is 1. The summed E-state index contributed by atoms with van der Waals surface area (Å²) >= 11 is 0. The molecule has 0 N–H and O–H groups in total. The fraction of sp³-hybridized carbons (Fsp3) is 0.357. The van der Waals surface area contributed by atoms with Gasteiger partial charge in [0.1, 0.15) is 5.56 Å². The van der Waals surface area contributed by atoms with Crippen LogP contribution in [-0.2, 0) is 15.7 Å². The molecule has 7 nitrogen and oxygen atoms in total. The quantitative estimate of drug-likeness (QED) is 0.267. The monoisotopic (exact) mass is 543 g/mol. The first kappa shape index (κ1) is 26.6. The maximum absolute atomic E-state index is 15.3. The van der Waals surface area contributed by atoms with Crippen LogP contribution >= 0.6 is 0 Å².